The largest absolute Gasteiger partial charge is 0.377 e. The van der Waals surface area contributed by atoms with Gasteiger partial charge in [0, 0.05) is 6.42 Å². The molecule has 0 bridgehead atoms. The number of nitrogens with two attached hydrogens (primary N) is 1. The van der Waals surface area contributed by atoms with E-state index in [1.54, 1.807) is 0 Å². The van der Waals surface area contributed by atoms with Crippen LogP contribution in [0.5, 0.6) is 0 Å². The molecule has 18 heavy (non-hydrogen) atoms. The molecule has 1 aromatic heterocycles. The van der Waals surface area contributed by atoms with Crippen LogP contribution in [0.25, 0.3) is 11.3 Å². The van der Waals surface area contributed by atoms with E-state index in [4.69, 9.17) is 10.5 Å². The van der Waals surface area contributed by atoms with Crippen LogP contribution in [0.1, 0.15) is 11.4 Å². The Morgan fingerprint density at radius 2 is 2.06 bits per heavy atom. The first-order chi connectivity index (χ1) is 8.65. The molecule has 1 aliphatic heterocycles. The smallest absolute Gasteiger partial charge is 0.108 e. The summed E-state index contributed by atoms with van der Waals surface area (Å²) in [7, 11) is 0. The summed E-state index contributed by atoms with van der Waals surface area (Å²) in [6.45, 7) is 3.32. The maximum absolute atomic E-state index is 6.12. The molecule has 3 rings (SSSR count). The molecule has 4 nitrogen and oxygen atoms in total. The van der Waals surface area contributed by atoms with E-state index in [9.17, 15) is 0 Å². The Bertz CT molecular complexity index is 540. The molecule has 1 fully saturated rings. The number of aromatic amines is 1. The zero-order valence-corrected chi connectivity index (χ0v) is 10.4. The molecule has 1 aromatic carbocycles. The molecule has 0 saturated carbocycles. The van der Waals surface area contributed by atoms with Crippen LogP contribution < -0.4 is 5.73 Å². The van der Waals surface area contributed by atoms with Crippen molar-refractivity contribution in [2.75, 3.05) is 13.2 Å². The SMILES string of the molecule is Cc1ccc(-c2cnc(CC3(N)COC3)[nH]2)cc1. The number of aromatic nitrogens is 2. The molecule has 0 atom stereocenters. The number of rotatable bonds is 3. The molecule has 4 heteroatoms. The van der Waals surface area contributed by atoms with Gasteiger partial charge in [-0.2, -0.15) is 0 Å². The molecule has 2 aromatic rings. The third-order valence-electron chi connectivity index (χ3n) is 3.29. The van der Waals surface area contributed by atoms with Crippen molar-refractivity contribution in [3.05, 3.63) is 41.9 Å². The van der Waals surface area contributed by atoms with Crippen LogP contribution in [-0.2, 0) is 11.2 Å². The summed E-state index contributed by atoms with van der Waals surface area (Å²) >= 11 is 0. The van der Waals surface area contributed by atoms with Crippen molar-refractivity contribution in [2.24, 2.45) is 5.73 Å². The predicted molar refractivity (Wildman–Crippen MR) is 70.2 cm³/mol. The molecule has 1 saturated heterocycles. The second-order valence-electron chi connectivity index (χ2n) is 5.14. The first-order valence-electron chi connectivity index (χ1n) is 6.12. The zero-order valence-electron chi connectivity index (χ0n) is 10.4. The fraction of sp³-hybridized carbons (Fsp3) is 0.357. The van der Waals surface area contributed by atoms with Crippen LogP contribution >= 0.6 is 0 Å². The van der Waals surface area contributed by atoms with E-state index in [1.807, 2.05) is 6.20 Å². The number of hydrogen-bond donors (Lipinski definition) is 2. The van der Waals surface area contributed by atoms with Gasteiger partial charge in [-0.15, -0.1) is 0 Å². The topological polar surface area (TPSA) is 63.9 Å². The number of H-pyrrole nitrogens is 1. The Morgan fingerprint density at radius 3 is 2.67 bits per heavy atom. The van der Waals surface area contributed by atoms with Crippen molar-refractivity contribution in [3.8, 4) is 11.3 Å². The van der Waals surface area contributed by atoms with Gasteiger partial charge < -0.3 is 15.5 Å². The summed E-state index contributed by atoms with van der Waals surface area (Å²) in [6.07, 6.45) is 2.60. The minimum Gasteiger partial charge on any atom is -0.377 e. The standard InChI is InChI=1S/C14H17N3O/c1-10-2-4-11(5-3-10)12-7-16-13(17-12)6-14(15)8-18-9-14/h2-5,7H,6,8-9,15H2,1H3,(H,16,17). The summed E-state index contributed by atoms with van der Waals surface area (Å²) in [5, 5.41) is 0. The lowest BCUT2D eigenvalue weighted by Crippen LogP contribution is -2.59. The number of nitrogens with zero attached hydrogens (tertiary/aromatic N) is 1. The van der Waals surface area contributed by atoms with E-state index in [0.717, 1.165) is 23.5 Å². The minimum atomic E-state index is -0.234. The highest BCUT2D eigenvalue weighted by Crippen LogP contribution is 2.21. The number of ether oxygens (including phenoxy) is 1. The van der Waals surface area contributed by atoms with Crippen molar-refractivity contribution in [1.82, 2.24) is 9.97 Å². The van der Waals surface area contributed by atoms with Crippen LogP contribution in [0.3, 0.4) is 0 Å². The van der Waals surface area contributed by atoms with Gasteiger partial charge in [0.1, 0.15) is 5.82 Å². The van der Waals surface area contributed by atoms with Gasteiger partial charge in [-0.3, -0.25) is 0 Å². The lowest BCUT2D eigenvalue weighted by Gasteiger charge is -2.37. The third-order valence-corrected chi connectivity index (χ3v) is 3.29. The normalized spacial score (nSPS) is 17.4. The highest BCUT2D eigenvalue weighted by Gasteiger charge is 2.35. The molecule has 94 valence electrons. The van der Waals surface area contributed by atoms with E-state index < -0.39 is 0 Å². The Morgan fingerprint density at radius 1 is 1.33 bits per heavy atom. The van der Waals surface area contributed by atoms with Crippen molar-refractivity contribution < 1.29 is 4.74 Å². The van der Waals surface area contributed by atoms with E-state index in [0.29, 0.717) is 13.2 Å². The van der Waals surface area contributed by atoms with Crippen molar-refractivity contribution in [2.45, 2.75) is 18.9 Å². The van der Waals surface area contributed by atoms with Crippen molar-refractivity contribution >= 4 is 0 Å². The number of hydrogen-bond acceptors (Lipinski definition) is 3. The van der Waals surface area contributed by atoms with Crippen LogP contribution in [0.4, 0.5) is 0 Å². The van der Waals surface area contributed by atoms with Gasteiger partial charge in [0.15, 0.2) is 0 Å². The molecule has 0 radical (unpaired) electrons. The van der Waals surface area contributed by atoms with E-state index in [1.165, 1.54) is 5.56 Å². The fourth-order valence-electron chi connectivity index (χ4n) is 2.13. The van der Waals surface area contributed by atoms with Crippen LogP contribution in [-0.4, -0.2) is 28.7 Å². The van der Waals surface area contributed by atoms with Crippen LogP contribution in [0.15, 0.2) is 30.5 Å². The molecule has 0 unspecified atom stereocenters. The first kappa shape index (κ1) is 11.4. The van der Waals surface area contributed by atoms with Crippen LogP contribution in [0, 0.1) is 6.92 Å². The summed E-state index contributed by atoms with van der Waals surface area (Å²) in [6, 6.07) is 8.38. The maximum atomic E-state index is 6.12. The molecule has 2 heterocycles. The Hall–Kier alpha value is -1.65. The number of aryl methyl sites for hydroxylation is 1. The zero-order chi connectivity index (χ0) is 12.6. The Labute approximate surface area is 106 Å². The quantitative estimate of drug-likeness (QED) is 0.861. The van der Waals surface area contributed by atoms with Gasteiger partial charge in [-0.25, -0.2) is 4.98 Å². The van der Waals surface area contributed by atoms with Gasteiger partial charge in [-0.05, 0) is 12.5 Å². The van der Waals surface area contributed by atoms with Gasteiger partial charge in [0.05, 0.1) is 30.6 Å². The number of nitrogens with one attached hydrogen (secondary N) is 1. The van der Waals surface area contributed by atoms with Gasteiger partial charge in [0.2, 0.25) is 0 Å². The first-order valence-corrected chi connectivity index (χ1v) is 6.12. The maximum Gasteiger partial charge on any atom is 0.108 e. The highest BCUT2D eigenvalue weighted by molar-refractivity contribution is 5.58. The summed E-state index contributed by atoms with van der Waals surface area (Å²) in [4.78, 5) is 7.72. The molecule has 0 spiro atoms. The average Bonchev–Trinajstić information content (AvgIpc) is 2.76. The molecule has 0 aliphatic carbocycles. The molecule has 3 N–H and O–H groups in total. The number of benzene rings is 1. The van der Waals surface area contributed by atoms with E-state index >= 15 is 0 Å². The molecule has 1 aliphatic rings. The molecular formula is C14H17N3O. The molecule has 0 amide bonds. The highest BCUT2D eigenvalue weighted by atomic mass is 16.5. The summed E-state index contributed by atoms with van der Waals surface area (Å²) in [5.74, 6) is 0.927. The van der Waals surface area contributed by atoms with Gasteiger partial charge >= 0.3 is 0 Å². The van der Waals surface area contributed by atoms with E-state index in [2.05, 4.69) is 41.2 Å². The third kappa shape index (κ3) is 2.17. The average molecular weight is 243 g/mol. The summed E-state index contributed by atoms with van der Waals surface area (Å²) < 4.78 is 5.15. The second-order valence-corrected chi connectivity index (χ2v) is 5.14. The Balaban J connectivity index is 1.78. The minimum absolute atomic E-state index is 0.234. The lowest BCUT2D eigenvalue weighted by atomic mass is 9.94. The van der Waals surface area contributed by atoms with E-state index in [-0.39, 0.29) is 5.54 Å². The monoisotopic (exact) mass is 243 g/mol. The fourth-order valence-corrected chi connectivity index (χ4v) is 2.13. The van der Waals surface area contributed by atoms with Gasteiger partial charge in [-0.1, -0.05) is 29.8 Å². The number of imidazole rings is 1. The van der Waals surface area contributed by atoms with Crippen molar-refractivity contribution in [3.63, 3.8) is 0 Å². The predicted octanol–water partition coefficient (Wildman–Crippen LogP) is 1.66. The second kappa shape index (κ2) is 4.23. The lowest BCUT2D eigenvalue weighted by molar-refractivity contribution is -0.0537. The summed E-state index contributed by atoms with van der Waals surface area (Å²) in [5.41, 5.74) is 9.32. The molecular weight excluding hydrogens is 226 g/mol. The van der Waals surface area contributed by atoms with Gasteiger partial charge in [0.25, 0.3) is 0 Å². The van der Waals surface area contributed by atoms with Crippen LogP contribution in [0.2, 0.25) is 0 Å². The Kier molecular flexibility index (Phi) is 2.69. The van der Waals surface area contributed by atoms with Crippen molar-refractivity contribution in [1.29, 1.82) is 0 Å².